The maximum absolute atomic E-state index is 13.3. The molecule has 0 fully saturated rings. The Bertz CT molecular complexity index is 425. The molecule has 0 saturated carbocycles. The van der Waals surface area contributed by atoms with Gasteiger partial charge in [-0.1, -0.05) is 38.4 Å². The largest absolute Gasteiger partial charge is 0.377 e. The normalized spacial score (nSPS) is 14.4. The van der Waals surface area contributed by atoms with Crippen LogP contribution in [0.4, 0.5) is 4.39 Å². The highest BCUT2D eigenvalue weighted by atomic mass is 35.5. The van der Waals surface area contributed by atoms with Crippen LogP contribution in [0.5, 0.6) is 0 Å². The van der Waals surface area contributed by atoms with Gasteiger partial charge in [-0.05, 0) is 49.9 Å². The molecule has 0 spiro atoms. The molecule has 0 aromatic heterocycles. The molecule has 120 valence electrons. The van der Waals surface area contributed by atoms with E-state index in [1.807, 2.05) is 6.92 Å². The van der Waals surface area contributed by atoms with Crippen molar-refractivity contribution in [2.75, 3.05) is 13.2 Å². The first kappa shape index (κ1) is 18.4. The molecular weight excluding hydrogens is 289 g/mol. The monoisotopic (exact) mass is 315 g/mol. The van der Waals surface area contributed by atoms with Gasteiger partial charge < -0.3 is 10.1 Å². The summed E-state index contributed by atoms with van der Waals surface area (Å²) in [5.41, 5.74) is 1.03. The van der Waals surface area contributed by atoms with Crippen molar-refractivity contribution in [2.45, 2.75) is 52.7 Å². The lowest BCUT2D eigenvalue weighted by Gasteiger charge is -2.31. The number of nitrogens with one attached hydrogen (secondary N) is 1. The Morgan fingerprint density at radius 3 is 2.52 bits per heavy atom. The van der Waals surface area contributed by atoms with Crippen LogP contribution in [0.3, 0.4) is 0 Å². The minimum Gasteiger partial charge on any atom is -0.377 e. The molecule has 2 nitrogen and oxygen atoms in total. The highest BCUT2D eigenvalue weighted by Gasteiger charge is 2.25. The zero-order valence-corrected chi connectivity index (χ0v) is 14.2. The van der Waals surface area contributed by atoms with Crippen molar-refractivity contribution in [1.82, 2.24) is 5.32 Å². The maximum atomic E-state index is 13.3. The van der Waals surface area contributed by atoms with Gasteiger partial charge in [-0.2, -0.15) is 0 Å². The standard InChI is InChI=1S/C17H27ClFNO/c1-5-9-20-16(17(12(3)4)21-6-2)11-13-7-8-15(19)14(18)10-13/h7-8,10,12,16-17,20H,5-6,9,11H2,1-4H3. The zero-order valence-electron chi connectivity index (χ0n) is 13.5. The van der Waals surface area contributed by atoms with Gasteiger partial charge in [0.15, 0.2) is 0 Å². The lowest BCUT2D eigenvalue weighted by molar-refractivity contribution is 0.00362. The predicted octanol–water partition coefficient (Wildman–Crippen LogP) is 4.45. The van der Waals surface area contributed by atoms with Crippen LogP contribution < -0.4 is 5.32 Å². The molecule has 21 heavy (non-hydrogen) atoms. The average Bonchev–Trinajstić information content (AvgIpc) is 2.44. The van der Waals surface area contributed by atoms with E-state index >= 15 is 0 Å². The summed E-state index contributed by atoms with van der Waals surface area (Å²) in [5.74, 6) is 0.0407. The fraction of sp³-hybridized carbons (Fsp3) is 0.647. The second-order valence-corrected chi connectivity index (χ2v) is 6.08. The van der Waals surface area contributed by atoms with E-state index in [9.17, 15) is 4.39 Å². The summed E-state index contributed by atoms with van der Waals surface area (Å²) in [5, 5.41) is 3.74. The van der Waals surface area contributed by atoms with Crippen molar-refractivity contribution in [1.29, 1.82) is 0 Å². The molecule has 1 aromatic carbocycles. The summed E-state index contributed by atoms with van der Waals surface area (Å²) >= 11 is 5.88. The minimum absolute atomic E-state index is 0.130. The number of hydrogen-bond acceptors (Lipinski definition) is 2. The summed E-state index contributed by atoms with van der Waals surface area (Å²) in [6, 6.07) is 5.14. The van der Waals surface area contributed by atoms with Crippen LogP contribution in [0, 0.1) is 11.7 Å². The summed E-state index contributed by atoms with van der Waals surface area (Å²) < 4.78 is 19.2. The topological polar surface area (TPSA) is 21.3 Å². The fourth-order valence-corrected chi connectivity index (χ4v) is 2.72. The Balaban J connectivity index is 2.87. The van der Waals surface area contributed by atoms with Crippen LogP contribution in [-0.2, 0) is 11.2 Å². The van der Waals surface area contributed by atoms with Gasteiger partial charge in [0.2, 0.25) is 0 Å². The number of benzene rings is 1. The lowest BCUT2D eigenvalue weighted by atomic mass is 9.93. The van der Waals surface area contributed by atoms with Gasteiger partial charge in [-0.25, -0.2) is 4.39 Å². The molecule has 4 heteroatoms. The molecule has 2 atom stereocenters. The molecule has 0 aliphatic carbocycles. The molecule has 0 aliphatic heterocycles. The summed E-state index contributed by atoms with van der Waals surface area (Å²) in [6.07, 6.45) is 1.98. The summed E-state index contributed by atoms with van der Waals surface area (Å²) in [6.45, 7) is 10.1. The van der Waals surface area contributed by atoms with Crippen LogP contribution in [0.15, 0.2) is 18.2 Å². The third-order valence-electron chi connectivity index (χ3n) is 3.51. The van der Waals surface area contributed by atoms with Crippen LogP contribution in [0.2, 0.25) is 5.02 Å². The fourth-order valence-electron chi connectivity index (χ4n) is 2.52. The first-order valence-electron chi connectivity index (χ1n) is 7.78. The molecule has 0 amide bonds. The average molecular weight is 316 g/mol. The van der Waals surface area contributed by atoms with Crippen molar-refractivity contribution in [3.05, 3.63) is 34.6 Å². The number of halogens is 2. The van der Waals surface area contributed by atoms with E-state index in [1.165, 1.54) is 6.07 Å². The SMILES string of the molecule is CCCNC(Cc1ccc(F)c(Cl)c1)C(OCC)C(C)C. The Morgan fingerprint density at radius 2 is 2.00 bits per heavy atom. The third-order valence-corrected chi connectivity index (χ3v) is 3.80. The van der Waals surface area contributed by atoms with Crippen molar-refractivity contribution < 1.29 is 9.13 Å². The van der Waals surface area contributed by atoms with Gasteiger partial charge in [0, 0.05) is 12.6 Å². The molecule has 0 bridgehead atoms. The maximum Gasteiger partial charge on any atom is 0.141 e. The first-order chi connectivity index (χ1) is 9.99. The summed E-state index contributed by atoms with van der Waals surface area (Å²) in [4.78, 5) is 0. The van der Waals surface area contributed by atoms with E-state index in [4.69, 9.17) is 16.3 Å². The van der Waals surface area contributed by atoms with E-state index in [2.05, 4.69) is 26.1 Å². The Hall–Kier alpha value is -0.640. The van der Waals surface area contributed by atoms with Gasteiger partial charge in [0.05, 0.1) is 11.1 Å². The lowest BCUT2D eigenvalue weighted by Crippen LogP contribution is -2.46. The number of ether oxygens (including phenoxy) is 1. The van der Waals surface area contributed by atoms with Crippen molar-refractivity contribution in [3.63, 3.8) is 0 Å². The molecule has 2 unspecified atom stereocenters. The smallest absolute Gasteiger partial charge is 0.141 e. The van der Waals surface area contributed by atoms with Gasteiger partial charge in [-0.15, -0.1) is 0 Å². The highest BCUT2D eigenvalue weighted by molar-refractivity contribution is 6.30. The van der Waals surface area contributed by atoms with Gasteiger partial charge in [0.1, 0.15) is 5.82 Å². The predicted molar refractivity (Wildman–Crippen MR) is 87.4 cm³/mol. The molecule has 0 aliphatic rings. The summed E-state index contributed by atoms with van der Waals surface area (Å²) in [7, 11) is 0. The van der Waals surface area contributed by atoms with Gasteiger partial charge in [0.25, 0.3) is 0 Å². The molecule has 0 saturated heterocycles. The second kappa shape index (κ2) is 9.39. The quantitative estimate of drug-likeness (QED) is 0.727. The molecule has 0 heterocycles. The Kier molecular flexibility index (Phi) is 8.23. The Morgan fingerprint density at radius 1 is 1.29 bits per heavy atom. The molecular formula is C17H27ClFNO. The first-order valence-corrected chi connectivity index (χ1v) is 8.16. The van der Waals surface area contributed by atoms with E-state index < -0.39 is 0 Å². The van der Waals surface area contributed by atoms with Crippen molar-refractivity contribution in [3.8, 4) is 0 Å². The van der Waals surface area contributed by atoms with Crippen LogP contribution in [-0.4, -0.2) is 25.3 Å². The molecule has 1 aromatic rings. The number of hydrogen-bond donors (Lipinski definition) is 1. The van der Waals surface area contributed by atoms with Crippen molar-refractivity contribution in [2.24, 2.45) is 5.92 Å². The highest BCUT2D eigenvalue weighted by Crippen LogP contribution is 2.20. The second-order valence-electron chi connectivity index (χ2n) is 5.68. The molecule has 1 N–H and O–H groups in total. The molecule has 0 radical (unpaired) electrons. The minimum atomic E-state index is -0.372. The third kappa shape index (κ3) is 5.93. The van der Waals surface area contributed by atoms with Crippen LogP contribution >= 0.6 is 11.6 Å². The Labute approximate surface area is 133 Å². The van der Waals surface area contributed by atoms with Gasteiger partial charge in [-0.3, -0.25) is 0 Å². The number of rotatable bonds is 9. The van der Waals surface area contributed by atoms with Crippen LogP contribution in [0.25, 0.3) is 0 Å². The van der Waals surface area contributed by atoms with E-state index in [-0.39, 0.29) is 23.0 Å². The van der Waals surface area contributed by atoms with E-state index in [1.54, 1.807) is 12.1 Å². The van der Waals surface area contributed by atoms with Crippen molar-refractivity contribution >= 4 is 11.6 Å². The van der Waals surface area contributed by atoms with E-state index in [0.29, 0.717) is 12.5 Å². The van der Waals surface area contributed by atoms with E-state index in [0.717, 1.165) is 24.9 Å². The van der Waals surface area contributed by atoms with Crippen LogP contribution in [0.1, 0.15) is 39.7 Å². The zero-order chi connectivity index (χ0) is 15.8. The van der Waals surface area contributed by atoms with Gasteiger partial charge >= 0.3 is 0 Å². The molecule has 1 rings (SSSR count).